The number of methoxy groups -OCH3 is 1. The van der Waals surface area contributed by atoms with Gasteiger partial charge in [0.25, 0.3) is 0 Å². The van der Waals surface area contributed by atoms with E-state index in [4.69, 9.17) is 14.2 Å². The second kappa shape index (κ2) is 10.8. The molecule has 1 rings (SSSR count). The summed E-state index contributed by atoms with van der Waals surface area (Å²) in [5.74, 6) is 0.857. The van der Waals surface area contributed by atoms with Crippen LogP contribution >= 0.6 is 0 Å². The molecule has 0 unspecified atom stereocenters. The molecule has 1 aromatic carbocycles. The molecule has 0 aliphatic carbocycles. The largest absolute Gasteiger partial charge is 0.496 e. The van der Waals surface area contributed by atoms with Crippen LogP contribution in [0.2, 0.25) is 0 Å². The fraction of sp³-hybridized carbons (Fsp3) is 0.696. The van der Waals surface area contributed by atoms with Crippen molar-refractivity contribution in [3.8, 4) is 5.75 Å². The summed E-state index contributed by atoms with van der Waals surface area (Å²) in [5, 5.41) is 0. The van der Waals surface area contributed by atoms with Crippen molar-refractivity contribution >= 4 is 12.0 Å². The number of hydrogen-bond donors (Lipinski definition) is 0. The first-order chi connectivity index (χ1) is 13.0. The Morgan fingerprint density at radius 3 is 2.36 bits per heavy atom. The first kappa shape index (κ1) is 24.4. The monoisotopic (exact) mass is 392 g/mol. The van der Waals surface area contributed by atoms with E-state index < -0.39 is 0 Å². The summed E-state index contributed by atoms with van der Waals surface area (Å²) in [7, 11) is 3.71. The van der Waals surface area contributed by atoms with Gasteiger partial charge in [-0.2, -0.15) is 0 Å². The Morgan fingerprint density at radius 1 is 1.11 bits per heavy atom. The fourth-order valence-corrected chi connectivity index (χ4v) is 2.49. The van der Waals surface area contributed by atoms with E-state index in [9.17, 15) is 0 Å². The van der Waals surface area contributed by atoms with Gasteiger partial charge in [0.15, 0.2) is 0 Å². The third-order valence-corrected chi connectivity index (χ3v) is 4.40. The highest BCUT2D eigenvalue weighted by molar-refractivity contribution is 5.64. The maximum Gasteiger partial charge on any atom is 0.124 e. The van der Waals surface area contributed by atoms with Crippen molar-refractivity contribution in [2.45, 2.75) is 60.5 Å². The van der Waals surface area contributed by atoms with E-state index in [-0.39, 0.29) is 11.0 Å². The minimum Gasteiger partial charge on any atom is -0.496 e. The van der Waals surface area contributed by atoms with Crippen molar-refractivity contribution in [1.82, 2.24) is 4.90 Å². The molecule has 0 aliphatic heterocycles. The van der Waals surface area contributed by atoms with Crippen LogP contribution < -0.4 is 4.74 Å². The molecule has 0 heterocycles. The molecule has 0 saturated heterocycles. The van der Waals surface area contributed by atoms with Crippen LogP contribution in [0.1, 0.15) is 52.7 Å². The average molecular weight is 393 g/mol. The number of ether oxygens (including phenoxy) is 3. The Balaban J connectivity index is 2.64. The Kier molecular flexibility index (Phi) is 9.45. The van der Waals surface area contributed by atoms with Crippen LogP contribution in [0, 0.1) is 12.3 Å². The molecule has 0 radical (unpaired) electrons. The quantitative estimate of drug-likeness (QED) is 0.301. The third-order valence-electron chi connectivity index (χ3n) is 4.40. The van der Waals surface area contributed by atoms with Gasteiger partial charge >= 0.3 is 0 Å². The molecule has 160 valence electrons. The number of aryl methyl sites for hydroxylation is 1. The SMILES string of the molecule is CCN(C)C=Nc1cc(OC)c(CCOCC(C)(C)COC(C)(C)C)cc1C. The second-order valence-corrected chi connectivity index (χ2v) is 9.14. The van der Waals surface area contributed by atoms with Crippen molar-refractivity contribution < 1.29 is 14.2 Å². The molecule has 0 atom stereocenters. The molecule has 1 aromatic rings. The zero-order valence-corrected chi connectivity index (χ0v) is 19.4. The van der Waals surface area contributed by atoms with Crippen molar-refractivity contribution in [3.05, 3.63) is 23.3 Å². The molecule has 0 aromatic heterocycles. The van der Waals surface area contributed by atoms with Gasteiger partial charge in [0.2, 0.25) is 0 Å². The van der Waals surface area contributed by atoms with E-state index >= 15 is 0 Å². The van der Waals surface area contributed by atoms with Crippen molar-refractivity contribution in [3.63, 3.8) is 0 Å². The standard InChI is InChI=1S/C23H40N2O3/c1-10-25(8)17-24-20-14-21(26-9)19(13-18(20)2)11-12-27-15-23(6,7)16-28-22(3,4)5/h13-14,17H,10-12,15-16H2,1-9H3. The van der Waals surface area contributed by atoms with Crippen molar-refractivity contribution in [2.75, 3.05) is 40.5 Å². The Morgan fingerprint density at radius 2 is 1.79 bits per heavy atom. The lowest BCUT2D eigenvalue weighted by Gasteiger charge is -2.29. The van der Waals surface area contributed by atoms with Crippen LogP contribution in [0.25, 0.3) is 0 Å². The van der Waals surface area contributed by atoms with Gasteiger partial charge in [-0.25, -0.2) is 4.99 Å². The van der Waals surface area contributed by atoms with Gasteiger partial charge in [0.05, 0.1) is 44.6 Å². The van der Waals surface area contributed by atoms with Crippen LogP contribution in [0.5, 0.6) is 5.75 Å². The van der Waals surface area contributed by atoms with Crippen LogP contribution in [0.3, 0.4) is 0 Å². The maximum absolute atomic E-state index is 5.96. The molecular formula is C23H40N2O3. The predicted octanol–water partition coefficient (Wildman–Crippen LogP) is 5.02. The van der Waals surface area contributed by atoms with Crippen LogP contribution in [0.15, 0.2) is 17.1 Å². The Hall–Kier alpha value is -1.59. The minimum atomic E-state index is -0.127. The van der Waals surface area contributed by atoms with Gasteiger partial charge in [0, 0.05) is 25.1 Å². The maximum atomic E-state index is 5.96. The first-order valence-corrected chi connectivity index (χ1v) is 10.1. The van der Waals surface area contributed by atoms with E-state index in [0.717, 1.165) is 35.5 Å². The number of rotatable bonds is 11. The highest BCUT2D eigenvalue weighted by atomic mass is 16.5. The fourth-order valence-electron chi connectivity index (χ4n) is 2.49. The zero-order valence-electron chi connectivity index (χ0n) is 19.4. The molecule has 0 N–H and O–H groups in total. The second-order valence-electron chi connectivity index (χ2n) is 9.14. The van der Waals surface area contributed by atoms with Gasteiger partial charge in [-0.3, -0.25) is 0 Å². The van der Waals surface area contributed by atoms with E-state index in [1.165, 1.54) is 0 Å². The molecule has 0 amide bonds. The highest BCUT2D eigenvalue weighted by Crippen LogP contribution is 2.29. The van der Waals surface area contributed by atoms with Gasteiger partial charge < -0.3 is 19.1 Å². The molecule has 5 nitrogen and oxygen atoms in total. The normalized spacial score (nSPS) is 12.6. The molecule has 0 bridgehead atoms. The molecule has 0 aliphatic rings. The van der Waals surface area contributed by atoms with E-state index in [0.29, 0.717) is 19.8 Å². The van der Waals surface area contributed by atoms with Gasteiger partial charge in [0.1, 0.15) is 5.75 Å². The highest BCUT2D eigenvalue weighted by Gasteiger charge is 2.22. The Bertz CT molecular complexity index is 633. The van der Waals surface area contributed by atoms with Crippen molar-refractivity contribution in [1.29, 1.82) is 0 Å². The molecule has 5 heteroatoms. The van der Waals surface area contributed by atoms with Gasteiger partial charge in [-0.1, -0.05) is 19.9 Å². The average Bonchev–Trinajstić information content (AvgIpc) is 2.62. The van der Waals surface area contributed by atoms with E-state index in [2.05, 4.69) is 59.5 Å². The molecular weight excluding hydrogens is 352 g/mol. The zero-order chi connectivity index (χ0) is 21.4. The lowest BCUT2D eigenvalue weighted by Crippen LogP contribution is -2.31. The molecule has 0 fully saturated rings. The third kappa shape index (κ3) is 9.07. The summed E-state index contributed by atoms with van der Waals surface area (Å²) in [6.07, 6.45) is 2.66. The molecule has 28 heavy (non-hydrogen) atoms. The topological polar surface area (TPSA) is 43.3 Å². The molecule has 0 spiro atoms. The Labute approximate surface area is 172 Å². The summed E-state index contributed by atoms with van der Waals surface area (Å²) in [4.78, 5) is 6.61. The first-order valence-electron chi connectivity index (χ1n) is 10.1. The van der Waals surface area contributed by atoms with Crippen LogP contribution in [0.4, 0.5) is 5.69 Å². The summed E-state index contributed by atoms with van der Waals surface area (Å²) in [5.41, 5.74) is 3.07. The lowest BCUT2D eigenvalue weighted by molar-refractivity contribution is -0.0664. The smallest absolute Gasteiger partial charge is 0.124 e. The van der Waals surface area contributed by atoms with Crippen LogP contribution in [-0.4, -0.2) is 57.4 Å². The predicted molar refractivity (Wildman–Crippen MR) is 118 cm³/mol. The van der Waals surface area contributed by atoms with Crippen molar-refractivity contribution in [2.24, 2.45) is 10.4 Å². The number of hydrogen-bond acceptors (Lipinski definition) is 4. The summed E-state index contributed by atoms with van der Waals surface area (Å²) < 4.78 is 17.4. The van der Waals surface area contributed by atoms with E-state index in [1.54, 1.807) is 7.11 Å². The summed E-state index contributed by atoms with van der Waals surface area (Å²) in [6, 6.07) is 4.15. The van der Waals surface area contributed by atoms with Crippen LogP contribution in [-0.2, 0) is 15.9 Å². The lowest BCUT2D eigenvalue weighted by atomic mass is 9.96. The summed E-state index contributed by atoms with van der Waals surface area (Å²) >= 11 is 0. The molecule has 0 saturated carbocycles. The van der Waals surface area contributed by atoms with Gasteiger partial charge in [-0.15, -0.1) is 0 Å². The van der Waals surface area contributed by atoms with Gasteiger partial charge in [-0.05, 0) is 52.2 Å². The number of benzene rings is 1. The number of nitrogens with zero attached hydrogens (tertiary/aromatic N) is 2. The summed E-state index contributed by atoms with van der Waals surface area (Å²) in [6.45, 7) is 17.7. The minimum absolute atomic E-state index is 0.0167. The van der Waals surface area contributed by atoms with E-state index in [1.807, 2.05) is 24.4 Å². The number of aliphatic imine (C=N–C) groups is 1.